The van der Waals surface area contributed by atoms with E-state index in [-0.39, 0.29) is 12.4 Å². The predicted molar refractivity (Wildman–Crippen MR) is 65.9 cm³/mol. The molecule has 0 N–H and O–H groups in total. The largest absolute Gasteiger partial charge is 0.469 e. The number of benzene rings is 1. The molecule has 92 valence electrons. The maximum atomic E-state index is 11.5. The Balaban J connectivity index is 2.86. The van der Waals surface area contributed by atoms with Crippen LogP contribution >= 0.6 is 0 Å². The van der Waals surface area contributed by atoms with Gasteiger partial charge >= 0.3 is 5.97 Å². The molecule has 1 aromatic carbocycles. The second kappa shape index (κ2) is 6.84. The molecule has 0 heterocycles. The Morgan fingerprint density at radius 2 is 2.00 bits per heavy atom. The van der Waals surface area contributed by atoms with Crippen molar-refractivity contribution in [3.8, 4) is 0 Å². The van der Waals surface area contributed by atoms with Gasteiger partial charge in [0.1, 0.15) is 6.29 Å². The van der Waals surface area contributed by atoms with Crippen molar-refractivity contribution in [2.24, 2.45) is 0 Å². The van der Waals surface area contributed by atoms with Crippen LogP contribution in [0.1, 0.15) is 36.8 Å². The van der Waals surface area contributed by atoms with Crippen molar-refractivity contribution in [1.82, 2.24) is 0 Å². The number of hydrogen-bond acceptors (Lipinski definition) is 3. The molecule has 0 spiro atoms. The summed E-state index contributed by atoms with van der Waals surface area (Å²) < 4.78 is 4.70. The summed E-state index contributed by atoms with van der Waals surface area (Å²) in [6.45, 7) is 2.12. The summed E-state index contributed by atoms with van der Waals surface area (Å²) in [5.41, 5.74) is 2.08. The molecule has 17 heavy (non-hydrogen) atoms. The summed E-state index contributed by atoms with van der Waals surface area (Å²) in [5, 5.41) is 0. The van der Waals surface area contributed by atoms with Gasteiger partial charge in [0.15, 0.2) is 0 Å². The number of methoxy groups -OCH3 is 1. The molecule has 1 unspecified atom stereocenters. The molecule has 0 bridgehead atoms. The summed E-state index contributed by atoms with van der Waals surface area (Å²) in [6.07, 6.45) is 3.03. The van der Waals surface area contributed by atoms with Crippen LogP contribution in [0.5, 0.6) is 0 Å². The van der Waals surface area contributed by atoms with Gasteiger partial charge in [-0.15, -0.1) is 0 Å². The lowest BCUT2D eigenvalue weighted by Crippen LogP contribution is -2.14. The summed E-state index contributed by atoms with van der Waals surface area (Å²) >= 11 is 0. The normalized spacial score (nSPS) is 11.9. The van der Waals surface area contributed by atoms with Crippen LogP contribution in [0, 0.1) is 0 Å². The SMILES string of the molecule is CCCc1ccc(C(CC=O)C(=O)OC)cc1. The van der Waals surface area contributed by atoms with Gasteiger partial charge in [0.05, 0.1) is 13.0 Å². The number of rotatable bonds is 6. The first-order chi connectivity index (χ1) is 8.22. The van der Waals surface area contributed by atoms with Crippen LogP contribution in [-0.4, -0.2) is 19.4 Å². The monoisotopic (exact) mass is 234 g/mol. The smallest absolute Gasteiger partial charge is 0.313 e. The van der Waals surface area contributed by atoms with E-state index in [4.69, 9.17) is 4.74 Å². The van der Waals surface area contributed by atoms with Crippen molar-refractivity contribution >= 4 is 12.3 Å². The van der Waals surface area contributed by atoms with Crippen LogP contribution in [0.15, 0.2) is 24.3 Å². The van der Waals surface area contributed by atoms with Gasteiger partial charge in [0.25, 0.3) is 0 Å². The van der Waals surface area contributed by atoms with Crippen molar-refractivity contribution in [3.05, 3.63) is 35.4 Å². The van der Waals surface area contributed by atoms with Crippen LogP contribution in [0.25, 0.3) is 0 Å². The van der Waals surface area contributed by atoms with E-state index in [0.29, 0.717) is 0 Å². The molecule has 3 nitrogen and oxygen atoms in total. The minimum atomic E-state index is -0.479. The zero-order chi connectivity index (χ0) is 12.7. The second-order valence-electron chi connectivity index (χ2n) is 3.97. The van der Waals surface area contributed by atoms with Crippen molar-refractivity contribution in [2.45, 2.75) is 32.1 Å². The molecular weight excluding hydrogens is 216 g/mol. The Bertz CT molecular complexity index is 368. The van der Waals surface area contributed by atoms with Crippen LogP contribution in [-0.2, 0) is 20.7 Å². The molecule has 1 atom stereocenters. The average molecular weight is 234 g/mol. The Kier molecular flexibility index (Phi) is 5.40. The van der Waals surface area contributed by atoms with E-state index >= 15 is 0 Å². The molecule has 3 heteroatoms. The van der Waals surface area contributed by atoms with Gasteiger partial charge in [0.2, 0.25) is 0 Å². The fourth-order valence-electron chi connectivity index (χ4n) is 1.81. The molecule has 0 radical (unpaired) electrons. The van der Waals surface area contributed by atoms with E-state index in [2.05, 4.69) is 6.92 Å². The number of aldehydes is 1. The van der Waals surface area contributed by atoms with Crippen LogP contribution in [0.4, 0.5) is 0 Å². The van der Waals surface area contributed by atoms with Gasteiger partial charge in [-0.25, -0.2) is 0 Å². The zero-order valence-electron chi connectivity index (χ0n) is 10.3. The lowest BCUT2D eigenvalue weighted by Gasteiger charge is -2.12. The fourth-order valence-corrected chi connectivity index (χ4v) is 1.81. The number of aryl methyl sites for hydroxylation is 1. The Hall–Kier alpha value is -1.64. The Morgan fingerprint density at radius 1 is 1.35 bits per heavy atom. The fraction of sp³-hybridized carbons (Fsp3) is 0.429. The highest BCUT2D eigenvalue weighted by atomic mass is 16.5. The molecular formula is C14H18O3. The Morgan fingerprint density at radius 3 is 2.47 bits per heavy atom. The van der Waals surface area contributed by atoms with Crippen molar-refractivity contribution in [1.29, 1.82) is 0 Å². The molecule has 0 saturated heterocycles. The van der Waals surface area contributed by atoms with Crippen molar-refractivity contribution < 1.29 is 14.3 Å². The number of esters is 1. The highest BCUT2D eigenvalue weighted by Crippen LogP contribution is 2.21. The van der Waals surface area contributed by atoms with E-state index in [1.54, 1.807) is 0 Å². The standard InChI is InChI=1S/C14H18O3/c1-3-4-11-5-7-12(8-6-11)13(9-10-15)14(16)17-2/h5-8,10,13H,3-4,9H2,1-2H3. The third-order valence-electron chi connectivity index (χ3n) is 2.74. The van der Waals surface area contributed by atoms with Crippen LogP contribution in [0.2, 0.25) is 0 Å². The maximum Gasteiger partial charge on any atom is 0.313 e. The van der Waals surface area contributed by atoms with Gasteiger partial charge in [-0.1, -0.05) is 37.6 Å². The third kappa shape index (κ3) is 3.70. The summed E-state index contributed by atoms with van der Waals surface area (Å²) in [7, 11) is 1.34. The Labute approximate surface area is 102 Å². The summed E-state index contributed by atoms with van der Waals surface area (Å²) in [6, 6.07) is 7.80. The minimum absolute atomic E-state index is 0.166. The van der Waals surface area contributed by atoms with E-state index in [1.807, 2.05) is 24.3 Å². The third-order valence-corrected chi connectivity index (χ3v) is 2.74. The number of hydrogen-bond donors (Lipinski definition) is 0. The predicted octanol–water partition coefficient (Wildman–Crippen LogP) is 2.48. The van der Waals surface area contributed by atoms with Gasteiger partial charge in [-0.05, 0) is 17.5 Å². The molecule has 1 aromatic rings. The average Bonchev–Trinajstić information content (AvgIpc) is 2.37. The van der Waals surface area contributed by atoms with E-state index in [1.165, 1.54) is 12.7 Å². The van der Waals surface area contributed by atoms with Crippen LogP contribution in [0.3, 0.4) is 0 Å². The first-order valence-electron chi connectivity index (χ1n) is 5.83. The zero-order valence-corrected chi connectivity index (χ0v) is 10.3. The number of ether oxygens (including phenoxy) is 1. The first kappa shape index (κ1) is 13.4. The molecule has 0 aliphatic rings. The molecule has 0 fully saturated rings. The summed E-state index contributed by atoms with van der Waals surface area (Å²) in [4.78, 5) is 22.1. The number of carbonyl (C=O) groups excluding carboxylic acids is 2. The first-order valence-corrected chi connectivity index (χ1v) is 5.83. The van der Waals surface area contributed by atoms with E-state index in [9.17, 15) is 9.59 Å². The second-order valence-corrected chi connectivity index (χ2v) is 3.97. The highest BCUT2D eigenvalue weighted by molar-refractivity contribution is 5.81. The van der Waals surface area contributed by atoms with Gasteiger partial charge in [-0.3, -0.25) is 4.79 Å². The topological polar surface area (TPSA) is 43.4 Å². The number of carbonyl (C=O) groups is 2. The van der Waals surface area contributed by atoms with E-state index in [0.717, 1.165) is 24.7 Å². The van der Waals surface area contributed by atoms with Gasteiger partial charge in [-0.2, -0.15) is 0 Å². The van der Waals surface area contributed by atoms with Crippen LogP contribution < -0.4 is 0 Å². The molecule has 1 rings (SSSR count). The molecule has 0 saturated carbocycles. The minimum Gasteiger partial charge on any atom is -0.469 e. The molecule has 0 aliphatic heterocycles. The molecule has 0 aromatic heterocycles. The highest BCUT2D eigenvalue weighted by Gasteiger charge is 2.20. The molecule has 0 aliphatic carbocycles. The molecule has 0 amide bonds. The van der Waals surface area contributed by atoms with Crippen molar-refractivity contribution in [2.75, 3.05) is 7.11 Å². The van der Waals surface area contributed by atoms with E-state index < -0.39 is 5.92 Å². The summed E-state index contributed by atoms with van der Waals surface area (Å²) in [5.74, 6) is -0.839. The van der Waals surface area contributed by atoms with Crippen molar-refractivity contribution in [3.63, 3.8) is 0 Å². The maximum absolute atomic E-state index is 11.5. The quantitative estimate of drug-likeness (QED) is 0.561. The van der Waals surface area contributed by atoms with Gasteiger partial charge < -0.3 is 9.53 Å². The van der Waals surface area contributed by atoms with Gasteiger partial charge in [0, 0.05) is 6.42 Å². The lowest BCUT2D eigenvalue weighted by atomic mass is 9.95. The lowest BCUT2D eigenvalue weighted by molar-refractivity contribution is -0.143.